The summed E-state index contributed by atoms with van der Waals surface area (Å²) in [5.74, 6) is 0.586. The lowest BCUT2D eigenvalue weighted by atomic mass is 10.0. The molecule has 1 aromatic rings. The summed E-state index contributed by atoms with van der Waals surface area (Å²) >= 11 is 0. The van der Waals surface area contributed by atoms with Crippen molar-refractivity contribution in [2.45, 2.75) is 25.8 Å². The van der Waals surface area contributed by atoms with Gasteiger partial charge < -0.3 is 10.2 Å². The van der Waals surface area contributed by atoms with Crippen LogP contribution in [0, 0.1) is 0 Å². The first kappa shape index (κ1) is 15.0. The van der Waals surface area contributed by atoms with E-state index < -0.39 is 0 Å². The van der Waals surface area contributed by atoms with Gasteiger partial charge in [0.25, 0.3) is 0 Å². The maximum atomic E-state index is 11.9. The van der Waals surface area contributed by atoms with Crippen LogP contribution in [-0.2, 0) is 4.79 Å². The monoisotopic (exact) mass is 275 g/mol. The number of rotatable bonds is 5. The Bertz CT molecular complexity index is 447. The minimum Gasteiger partial charge on any atom is -0.325 e. The molecule has 0 saturated carbocycles. The fourth-order valence-electron chi connectivity index (χ4n) is 2.35. The Morgan fingerprint density at radius 2 is 1.90 bits per heavy atom. The second kappa shape index (κ2) is 6.37. The van der Waals surface area contributed by atoms with Gasteiger partial charge in [-0.1, -0.05) is 26.0 Å². The van der Waals surface area contributed by atoms with Crippen molar-refractivity contribution in [3.8, 4) is 0 Å². The fraction of sp³-hybridized carbons (Fsp3) is 0.562. The van der Waals surface area contributed by atoms with Crippen molar-refractivity contribution in [2.75, 3.05) is 39.0 Å². The van der Waals surface area contributed by atoms with Gasteiger partial charge in [-0.2, -0.15) is 0 Å². The molecule has 1 aliphatic rings. The molecule has 0 radical (unpaired) electrons. The Morgan fingerprint density at radius 3 is 2.40 bits per heavy atom. The van der Waals surface area contributed by atoms with Crippen LogP contribution in [0.4, 0.5) is 5.69 Å². The SMILES string of the molecule is CC(C)c1ccc(NC(=O)CN2CC(N(C)C)C2)cc1. The molecule has 1 heterocycles. The molecule has 2 rings (SSSR count). The molecule has 0 aromatic heterocycles. The van der Waals surface area contributed by atoms with E-state index in [1.807, 2.05) is 12.1 Å². The number of carbonyl (C=O) groups is 1. The zero-order chi connectivity index (χ0) is 14.7. The Labute approximate surface area is 121 Å². The zero-order valence-corrected chi connectivity index (χ0v) is 12.9. The molecular formula is C16H25N3O. The lowest BCUT2D eigenvalue weighted by Gasteiger charge is -2.42. The number of hydrogen-bond acceptors (Lipinski definition) is 3. The summed E-state index contributed by atoms with van der Waals surface area (Å²) in [7, 11) is 4.16. The Morgan fingerprint density at radius 1 is 1.30 bits per heavy atom. The number of hydrogen-bond donors (Lipinski definition) is 1. The molecule has 1 N–H and O–H groups in total. The maximum absolute atomic E-state index is 11.9. The Hall–Kier alpha value is -1.39. The van der Waals surface area contributed by atoms with E-state index in [1.165, 1.54) is 5.56 Å². The van der Waals surface area contributed by atoms with E-state index in [4.69, 9.17) is 0 Å². The maximum Gasteiger partial charge on any atom is 0.238 e. The Kier molecular flexibility index (Phi) is 4.78. The summed E-state index contributed by atoms with van der Waals surface area (Å²) in [5, 5.41) is 2.96. The molecule has 1 saturated heterocycles. The quantitative estimate of drug-likeness (QED) is 0.892. The number of likely N-dealkylation sites (tertiary alicyclic amines) is 1. The van der Waals surface area contributed by atoms with Gasteiger partial charge in [0, 0.05) is 24.8 Å². The largest absolute Gasteiger partial charge is 0.325 e. The first-order chi connectivity index (χ1) is 9.45. The lowest BCUT2D eigenvalue weighted by molar-refractivity contribution is -0.119. The van der Waals surface area contributed by atoms with Crippen molar-refractivity contribution in [2.24, 2.45) is 0 Å². The third-order valence-corrected chi connectivity index (χ3v) is 3.90. The predicted molar refractivity (Wildman–Crippen MR) is 83.1 cm³/mol. The van der Waals surface area contributed by atoms with Crippen molar-refractivity contribution in [1.29, 1.82) is 0 Å². The molecule has 1 aromatic carbocycles. The summed E-state index contributed by atoms with van der Waals surface area (Å²) in [4.78, 5) is 16.3. The van der Waals surface area contributed by atoms with Crippen LogP contribution in [0.5, 0.6) is 0 Å². The highest BCUT2D eigenvalue weighted by Gasteiger charge is 2.29. The van der Waals surface area contributed by atoms with Crippen molar-refractivity contribution in [3.05, 3.63) is 29.8 Å². The second-order valence-electron chi connectivity index (χ2n) is 6.14. The van der Waals surface area contributed by atoms with Crippen molar-refractivity contribution in [1.82, 2.24) is 9.80 Å². The highest BCUT2D eigenvalue weighted by molar-refractivity contribution is 5.92. The number of benzene rings is 1. The van der Waals surface area contributed by atoms with Crippen molar-refractivity contribution in [3.63, 3.8) is 0 Å². The molecular weight excluding hydrogens is 250 g/mol. The van der Waals surface area contributed by atoms with Crippen molar-refractivity contribution < 1.29 is 4.79 Å². The van der Waals surface area contributed by atoms with Gasteiger partial charge in [0.1, 0.15) is 0 Å². The highest BCUT2D eigenvalue weighted by atomic mass is 16.2. The van der Waals surface area contributed by atoms with E-state index in [-0.39, 0.29) is 5.91 Å². The fourth-order valence-corrected chi connectivity index (χ4v) is 2.35. The van der Waals surface area contributed by atoms with E-state index in [0.29, 0.717) is 18.5 Å². The summed E-state index contributed by atoms with van der Waals surface area (Å²) in [6.07, 6.45) is 0. The number of nitrogens with one attached hydrogen (secondary N) is 1. The minimum atomic E-state index is 0.0690. The summed E-state index contributed by atoms with van der Waals surface area (Å²) in [5.41, 5.74) is 2.17. The van der Waals surface area contributed by atoms with Gasteiger partial charge in [0.05, 0.1) is 6.54 Å². The smallest absolute Gasteiger partial charge is 0.238 e. The Balaban J connectivity index is 1.77. The van der Waals surface area contributed by atoms with Crippen LogP contribution >= 0.6 is 0 Å². The summed E-state index contributed by atoms with van der Waals surface area (Å²) in [6, 6.07) is 8.70. The number of likely N-dealkylation sites (N-methyl/N-ethyl adjacent to an activating group) is 1. The van der Waals surface area contributed by atoms with Gasteiger partial charge in [-0.25, -0.2) is 0 Å². The molecule has 1 amide bonds. The molecule has 0 atom stereocenters. The second-order valence-corrected chi connectivity index (χ2v) is 6.14. The van der Waals surface area contributed by atoms with Gasteiger partial charge in [-0.05, 0) is 37.7 Å². The van der Waals surface area contributed by atoms with Crippen molar-refractivity contribution >= 4 is 11.6 Å². The topological polar surface area (TPSA) is 35.6 Å². The average molecular weight is 275 g/mol. The average Bonchev–Trinajstić information content (AvgIpc) is 2.33. The van der Waals surface area contributed by atoms with E-state index in [0.717, 1.165) is 18.8 Å². The van der Waals surface area contributed by atoms with Gasteiger partial charge in [-0.3, -0.25) is 9.69 Å². The molecule has 0 unspecified atom stereocenters. The summed E-state index contributed by atoms with van der Waals surface area (Å²) in [6.45, 7) is 6.77. The van der Waals surface area contributed by atoms with Gasteiger partial charge in [0.2, 0.25) is 5.91 Å². The van der Waals surface area contributed by atoms with E-state index >= 15 is 0 Å². The standard InChI is InChI=1S/C16H25N3O/c1-12(2)13-5-7-14(8-6-13)17-16(20)11-19-9-15(10-19)18(3)4/h5-8,12,15H,9-11H2,1-4H3,(H,17,20). The number of anilines is 1. The molecule has 1 fully saturated rings. The number of amides is 1. The van der Waals surface area contributed by atoms with E-state index in [2.05, 4.69) is 55.2 Å². The molecule has 4 nitrogen and oxygen atoms in total. The predicted octanol–water partition coefficient (Wildman–Crippen LogP) is 1.99. The third kappa shape index (κ3) is 3.81. The normalized spacial score (nSPS) is 16.5. The van der Waals surface area contributed by atoms with Gasteiger partial charge >= 0.3 is 0 Å². The minimum absolute atomic E-state index is 0.0690. The molecule has 20 heavy (non-hydrogen) atoms. The molecule has 4 heteroatoms. The zero-order valence-electron chi connectivity index (χ0n) is 12.9. The van der Waals surface area contributed by atoms with Crippen LogP contribution in [-0.4, -0.2) is 55.5 Å². The number of carbonyl (C=O) groups excluding carboxylic acids is 1. The lowest BCUT2D eigenvalue weighted by Crippen LogP contribution is -2.58. The van der Waals surface area contributed by atoms with Gasteiger partial charge in [0.15, 0.2) is 0 Å². The first-order valence-corrected chi connectivity index (χ1v) is 7.24. The van der Waals surface area contributed by atoms with E-state index in [1.54, 1.807) is 0 Å². The van der Waals surface area contributed by atoms with Crippen LogP contribution in [0.25, 0.3) is 0 Å². The van der Waals surface area contributed by atoms with Crippen LogP contribution in [0.1, 0.15) is 25.3 Å². The van der Waals surface area contributed by atoms with E-state index in [9.17, 15) is 4.79 Å². The van der Waals surface area contributed by atoms with Crippen LogP contribution in [0.3, 0.4) is 0 Å². The molecule has 0 aliphatic carbocycles. The third-order valence-electron chi connectivity index (χ3n) is 3.90. The van der Waals surface area contributed by atoms with Crippen LogP contribution in [0.15, 0.2) is 24.3 Å². The highest BCUT2D eigenvalue weighted by Crippen LogP contribution is 2.17. The van der Waals surface area contributed by atoms with Gasteiger partial charge in [-0.15, -0.1) is 0 Å². The summed E-state index contributed by atoms with van der Waals surface area (Å²) < 4.78 is 0. The molecule has 110 valence electrons. The number of nitrogens with zero attached hydrogens (tertiary/aromatic N) is 2. The first-order valence-electron chi connectivity index (χ1n) is 7.24. The van der Waals surface area contributed by atoms with Crippen LogP contribution in [0.2, 0.25) is 0 Å². The molecule has 0 bridgehead atoms. The molecule has 1 aliphatic heterocycles. The molecule has 0 spiro atoms. The van der Waals surface area contributed by atoms with Crippen LogP contribution < -0.4 is 5.32 Å².